The average molecular weight is 725 g/mol. The molecule has 0 aliphatic carbocycles. The maximum absolute atomic E-state index is 2.39. The fourth-order valence-electron chi connectivity index (χ4n) is 6.90. The van der Waals surface area contributed by atoms with Crippen LogP contribution >= 0.6 is 7.92 Å². The van der Waals surface area contributed by atoms with E-state index in [2.05, 4.69) is 211 Å². The Morgan fingerprint density at radius 2 is 0.840 bits per heavy atom. The quantitative estimate of drug-likeness (QED) is 0.106. The van der Waals surface area contributed by atoms with Gasteiger partial charge in [0.1, 0.15) is 25.4 Å². The van der Waals surface area contributed by atoms with E-state index in [1.807, 2.05) is 0 Å². The standard InChI is InChI=1S/C46H35NPSi.Cu/c1-5-21-36(22-6-1)47(37-23-7-2-8-24-37)42-31-15-13-29-40(42)41-30-14-16-33-44(41)49-45-34-18-20-35-19-17-32-43(46(35)45)48(38-25-9-3-10-26-38)39-27-11-4-12-28-39;/h1-34,49H;/q;+1/p+1. The van der Waals surface area contributed by atoms with Crippen LogP contribution in [0, 0.1) is 0 Å². The number of fused-ring (bicyclic) bond motifs is 1. The van der Waals surface area contributed by atoms with E-state index in [-0.39, 0.29) is 26.6 Å². The maximum Gasteiger partial charge on any atom is 1.00 e. The van der Waals surface area contributed by atoms with E-state index < -0.39 is 7.92 Å². The Morgan fingerprint density at radius 1 is 0.380 bits per heavy atom. The summed E-state index contributed by atoms with van der Waals surface area (Å²) in [6.45, 7) is 0. The molecule has 0 aliphatic rings. The minimum Gasteiger partial charge on any atom is -0.310 e. The number of hydrogen-bond donors (Lipinski definition) is 0. The van der Waals surface area contributed by atoms with E-state index in [4.69, 9.17) is 0 Å². The van der Waals surface area contributed by atoms with Gasteiger partial charge in [-0.15, -0.1) is 0 Å². The Morgan fingerprint density at radius 3 is 1.44 bits per heavy atom. The second-order valence-electron chi connectivity index (χ2n) is 12.1. The SMILES string of the molecule is [Cu+].c1ccc(N(c2ccccc2)c2ccccc2-c2ccccc2[SiH]c2cccc3cccc([PH+](c4ccccc4)c4ccccc4)c23)cc1. The van der Waals surface area contributed by atoms with Crippen molar-refractivity contribution in [1.82, 2.24) is 0 Å². The third-order valence-electron chi connectivity index (χ3n) is 9.07. The molecule has 0 N–H and O–H groups in total. The zero-order chi connectivity index (χ0) is 32.8. The van der Waals surface area contributed by atoms with E-state index in [9.17, 15) is 0 Å². The van der Waals surface area contributed by atoms with Crippen molar-refractivity contribution < 1.29 is 17.1 Å². The zero-order valence-electron chi connectivity index (χ0n) is 27.5. The van der Waals surface area contributed by atoms with Crippen LogP contribution in [0.2, 0.25) is 0 Å². The molecule has 0 saturated heterocycles. The van der Waals surface area contributed by atoms with Crippen molar-refractivity contribution in [3.05, 3.63) is 206 Å². The second-order valence-corrected chi connectivity index (χ2v) is 16.1. The summed E-state index contributed by atoms with van der Waals surface area (Å²) in [5.74, 6) is 0. The molecule has 0 heterocycles. The van der Waals surface area contributed by atoms with E-state index in [1.54, 1.807) is 0 Å². The first-order valence-electron chi connectivity index (χ1n) is 16.8. The third-order valence-corrected chi connectivity index (χ3v) is 13.5. The van der Waals surface area contributed by atoms with Crippen LogP contribution in [-0.2, 0) is 17.1 Å². The van der Waals surface area contributed by atoms with Gasteiger partial charge >= 0.3 is 17.1 Å². The van der Waals surface area contributed by atoms with Crippen LogP contribution in [0.15, 0.2) is 206 Å². The van der Waals surface area contributed by atoms with E-state index in [1.165, 1.54) is 53.9 Å². The van der Waals surface area contributed by atoms with E-state index in [0.717, 1.165) is 11.4 Å². The summed E-state index contributed by atoms with van der Waals surface area (Å²) >= 11 is 0. The molecule has 243 valence electrons. The van der Waals surface area contributed by atoms with E-state index >= 15 is 0 Å². The van der Waals surface area contributed by atoms with Gasteiger partial charge in [0.25, 0.3) is 0 Å². The van der Waals surface area contributed by atoms with Crippen LogP contribution < -0.4 is 31.2 Å². The first kappa shape index (κ1) is 33.5. The normalized spacial score (nSPS) is 10.9. The van der Waals surface area contributed by atoms with Crippen molar-refractivity contribution in [2.24, 2.45) is 0 Å². The third kappa shape index (κ3) is 6.88. The molecule has 4 heteroatoms. The monoisotopic (exact) mass is 724 g/mol. The predicted octanol–water partition coefficient (Wildman–Crippen LogP) is 8.85. The summed E-state index contributed by atoms with van der Waals surface area (Å²) in [5, 5.41) is 9.84. The molecule has 0 bridgehead atoms. The van der Waals surface area contributed by atoms with Gasteiger partial charge in [0.05, 0.1) is 13.6 Å². The first-order valence-corrected chi connectivity index (χ1v) is 19.4. The molecule has 50 heavy (non-hydrogen) atoms. The number of para-hydroxylation sites is 3. The Labute approximate surface area is 309 Å². The number of nitrogens with zero attached hydrogens (tertiary/aromatic N) is 1. The van der Waals surface area contributed by atoms with Gasteiger partial charge < -0.3 is 4.90 Å². The van der Waals surface area contributed by atoms with Crippen molar-refractivity contribution in [1.29, 1.82) is 0 Å². The van der Waals surface area contributed by atoms with Gasteiger partial charge in [-0.3, -0.25) is 0 Å². The molecule has 0 amide bonds. The smallest absolute Gasteiger partial charge is 0.310 e. The summed E-state index contributed by atoms with van der Waals surface area (Å²) in [7, 11) is -1.46. The summed E-state index contributed by atoms with van der Waals surface area (Å²) in [5.41, 5.74) is 5.97. The molecule has 1 radical (unpaired) electrons. The molecule has 0 atom stereocenters. The Bertz CT molecular complexity index is 2230. The van der Waals surface area contributed by atoms with Crippen molar-refractivity contribution in [2.45, 2.75) is 0 Å². The van der Waals surface area contributed by atoms with Crippen molar-refractivity contribution in [2.75, 3.05) is 4.90 Å². The van der Waals surface area contributed by atoms with Crippen LogP contribution in [0.25, 0.3) is 21.9 Å². The Balaban J connectivity index is 0.00000392. The van der Waals surface area contributed by atoms with Crippen molar-refractivity contribution >= 4 is 71.6 Å². The molecule has 0 fully saturated rings. The van der Waals surface area contributed by atoms with Crippen molar-refractivity contribution in [3.63, 3.8) is 0 Å². The fourth-order valence-corrected chi connectivity index (χ4v) is 11.5. The fraction of sp³-hybridized carbons (Fsp3) is 0. The van der Waals surface area contributed by atoms with Gasteiger partial charge in [0, 0.05) is 22.3 Å². The predicted molar refractivity (Wildman–Crippen MR) is 217 cm³/mol. The largest absolute Gasteiger partial charge is 1.00 e. The topological polar surface area (TPSA) is 3.24 Å². The summed E-state index contributed by atoms with van der Waals surface area (Å²) in [6.07, 6.45) is 0. The summed E-state index contributed by atoms with van der Waals surface area (Å²) < 4.78 is 0. The average Bonchev–Trinajstić information content (AvgIpc) is 3.17. The van der Waals surface area contributed by atoms with Gasteiger partial charge in [0.15, 0.2) is 0 Å². The number of rotatable bonds is 9. The molecular formula is C46H36CuNPSi+2. The number of anilines is 3. The molecule has 0 spiro atoms. The van der Waals surface area contributed by atoms with Gasteiger partial charge in [-0.1, -0.05) is 151 Å². The van der Waals surface area contributed by atoms with E-state index in [0.29, 0.717) is 0 Å². The maximum atomic E-state index is 2.39. The van der Waals surface area contributed by atoms with Crippen molar-refractivity contribution in [3.8, 4) is 11.1 Å². The molecule has 0 unspecified atom stereocenters. The van der Waals surface area contributed by atoms with Crippen LogP contribution in [0.4, 0.5) is 17.1 Å². The zero-order valence-corrected chi connectivity index (χ0v) is 30.6. The number of benzene rings is 8. The molecule has 8 aromatic carbocycles. The summed E-state index contributed by atoms with van der Waals surface area (Å²) in [4.78, 5) is 2.38. The molecule has 1 nitrogen and oxygen atoms in total. The number of hydrogen-bond acceptors (Lipinski definition) is 1. The first-order chi connectivity index (χ1) is 24.3. The molecular weight excluding hydrogens is 689 g/mol. The molecule has 0 aromatic heterocycles. The summed E-state index contributed by atoms with van der Waals surface area (Å²) in [6, 6.07) is 75.4. The molecule has 0 aliphatic heterocycles. The molecule has 0 saturated carbocycles. The van der Waals surface area contributed by atoms with Gasteiger partial charge in [-0.2, -0.15) is 0 Å². The van der Waals surface area contributed by atoms with Gasteiger partial charge in [-0.25, -0.2) is 0 Å². The molecule has 8 rings (SSSR count). The minimum absolute atomic E-state index is 0. The molecule has 8 aromatic rings. The van der Waals surface area contributed by atoms with Crippen LogP contribution in [0.1, 0.15) is 0 Å². The Hall–Kier alpha value is -5.01. The van der Waals surface area contributed by atoms with Gasteiger partial charge in [0.2, 0.25) is 0 Å². The Kier molecular flexibility index (Phi) is 10.5. The van der Waals surface area contributed by atoms with Crippen LogP contribution in [0.5, 0.6) is 0 Å². The van der Waals surface area contributed by atoms with Gasteiger partial charge in [-0.05, 0) is 76.8 Å². The van der Waals surface area contributed by atoms with Crippen LogP contribution in [0.3, 0.4) is 0 Å². The van der Waals surface area contributed by atoms with Crippen LogP contribution in [-0.4, -0.2) is 9.52 Å². The second kappa shape index (κ2) is 15.7. The minimum atomic E-state index is -1.25.